The molecule has 1 heterocycles. The number of nitrogens with zero attached hydrogens (tertiary/aromatic N) is 2. The molecule has 0 N–H and O–H groups in total. The Bertz CT molecular complexity index is 400. The highest BCUT2D eigenvalue weighted by atomic mass is 35.5. The van der Waals surface area contributed by atoms with E-state index in [0.29, 0.717) is 11.7 Å². The molecule has 0 aliphatic carbocycles. The number of halogens is 1. The maximum Gasteiger partial charge on any atom is 0.143 e. The fraction of sp³-hybridized carbons (Fsp3) is 0.111. The molecule has 0 spiro atoms. The summed E-state index contributed by atoms with van der Waals surface area (Å²) in [6, 6.07) is 7.85. The zero-order valence-corrected chi connectivity index (χ0v) is 7.12. The van der Waals surface area contributed by atoms with Gasteiger partial charge in [-0.1, -0.05) is 18.2 Å². The van der Waals surface area contributed by atoms with Crippen molar-refractivity contribution in [2.24, 2.45) is 0 Å². The van der Waals surface area contributed by atoms with Gasteiger partial charge in [-0.2, -0.15) is 0 Å². The average molecular weight is 179 g/mol. The molecule has 0 saturated carbocycles. The number of hydrogen-bond acceptors (Lipinski definition) is 2. The van der Waals surface area contributed by atoms with Crippen LogP contribution in [0.1, 0.15) is 5.82 Å². The fourth-order valence-corrected chi connectivity index (χ4v) is 1.20. The van der Waals surface area contributed by atoms with Crippen molar-refractivity contribution >= 4 is 22.5 Å². The van der Waals surface area contributed by atoms with E-state index in [1.54, 1.807) is 6.20 Å². The zero-order valence-electron chi connectivity index (χ0n) is 6.37. The van der Waals surface area contributed by atoms with Crippen molar-refractivity contribution in [3.05, 3.63) is 36.3 Å². The standard InChI is InChI=1S/C9H7ClN2/c10-5-9-11-6-7-3-1-2-4-8(7)12-9/h1-4,6H,5H2. The Morgan fingerprint density at radius 1 is 1.25 bits per heavy atom. The second kappa shape index (κ2) is 3.07. The molecule has 0 bridgehead atoms. The minimum absolute atomic E-state index is 0.366. The summed E-state index contributed by atoms with van der Waals surface area (Å²) in [6.45, 7) is 0. The summed E-state index contributed by atoms with van der Waals surface area (Å²) in [4.78, 5) is 8.33. The third-order valence-electron chi connectivity index (χ3n) is 1.66. The first-order valence-electron chi connectivity index (χ1n) is 3.67. The van der Waals surface area contributed by atoms with Crippen LogP contribution < -0.4 is 0 Å². The molecule has 1 aromatic heterocycles. The Balaban J connectivity index is 2.67. The Kier molecular flexibility index (Phi) is 1.92. The molecule has 0 aliphatic heterocycles. The number of alkyl halides is 1. The molecular formula is C9H7ClN2. The molecule has 60 valence electrons. The van der Waals surface area contributed by atoms with Gasteiger partial charge in [0, 0.05) is 11.6 Å². The highest BCUT2D eigenvalue weighted by molar-refractivity contribution is 6.16. The van der Waals surface area contributed by atoms with Gasteiger partial charge in [0.2, 0.25) is 0 Å². The van der Waals surface area contributed by atoms with Gasteiger partial charge < -0.3 is 0 Å². The fourth-order valence-electron chi connectivity index (χ4n) is 1.07. The van der Waals surface area contributed by atoms with Crippen molar-refractivity contribution in [1.82, 2.24) is 9.97 Å². The van der Waals surface area contributed by atoms with Gasteiger partial charge in [-0.05, 0) is 6.07 Å². The maximum absolute atomic E-state index is 5.60. The minimum Gasteiger partial charge on any atom is -0.239 e. The monoisotopic (exact) mass is 178 g/mol. The normalized spacial score (nSPS) is 10.4. The van der Waals surface area contributed by atoms with Gasteiger partial charge >= 0.3 is 0 Å². The molecule has 0 fully saturated rings. The predicted octanol–water partition coefficient (Wildman–Crippen LogP) is 2.37. The summed E-state index contributed by atoms with van der Waals surface area (Å²) in [7, 11) is 0. The van der Waals surface area contributed by atoms with Gasteiger partial charge in [0.15, 0.2) is 0 Å². The summed E-state index contributed by atoms with van der Waals surface area (Å²) in [6.07, 6.45) is 1.79. The molecule has 2 rings (SSSR count). The largest absolute Gasteiger partial charge is 0.239 e. The van der Waals surface area contributed by atoms with E-state index in [1.807, 2.05) is 24.3 Å². The van der Waals surface area contributed by atoms with Crippen LogP contribution in [0.3, 0.4) is 0 Å². The van der Waals surface area contributed by atoms with Gasteiger partial charge in [-0.3, -0.25) is 0 Å². The molecule has 0 unspecified atom stereocenters. The Labute approximate surface area is 75.2 Å². The summed E-state index contributed by atoms with van der Waals surface area (Å²) in [5, 5.41) is 1.05. The third kappa shape index (κ3) is 1.25. The predicted molar refractivity (Wildman–Crippen MR) is 49.1 cm³/mol. The second-order valence-electron chi connectivity index (χ2n) is 2.48. The van der Waals surface area contributed by atoms with E-state index in [-0.39, 0.29) is 0 Å². The molecule has 2 nitrogen and oxygen atoms in total. The van der Waals surface area contributed by atoms with Crippen LogP contribution in [0.4, 0.5) is 0 Å². The van der Waals surface area contributed by atoms with E-state index in [9.17, 15) is 0 Å². The molecule has 0 radical (unpaired) electrons. The zero-order chi connectivity index (χ0) is 8.39. The van der Waals surface area contributed by atoms with Gasteiger partial charge in [-0.25, -0.2) is 9.97 Å². The van der Waals surface area contributed by atoms with Crippen LogP contribution in [-0.2, 0) is 5.88 Å². The first kappa shape index (κ1) is 7.50. The topological polar surface area (TPSA) is 25.8 Å². The van der Waals surface area contributed by atoms with Gasteiger partial charge in [0.1, 0.15) is 5.82 Å². The first-order valence-corrected chi connectivity index (χ1v) is 4.20. The molecule has 0 saturated heterocycles. The lowest BCUT2D eigenvalue weighted by Gasteiger charge is -1.96. The van der Waals surface area contributed by atoms with Crippen molar-refractivity contribution in [2.45, 2.75) is 5.88 Å². The van der Waals surface area contributed by atoms with Crippen LogP contribution in [0.15, 0.2) is 30.5 Å². The number of rotatable bonds is 1. The SMILES string of the molecule is ClCc1ncc2ccccc2n1. The van der Waals surface area contributed by atoms with Crippen LogP contribution in [0, 0.1) is 0 Å². The molecule has 0 atom stereocenters. The summed E-state index contributed by atoms with van der Waals surface area (Å²) in [5.41, 5.74) is 0.947. The van der Waals surface area contributed by atoms with Crippen molar-refractivity contribution in [1.29, 1.82) is 0 Å². The summed E-state index contributed by atoms with van der Waals surface area (Å²) in [5.74, 6) is 1.04. The Morgan fingerprint density at radius 3 is 2.92 bits per heavy atom. The van der Waals surface area contributed by atoms with Crippen LogP contribution in [0.2, 0.25) is 0 Å². The molecule has 2 aromatic rings. The smallest absolute Gasteiger partial charge is 0.143 e. The van der Waals surface area contributed by atoms with E-state index in [1.165, 1.54) is 0 Å². The van der Waals surface area contributed by atoms with Gasteiger partial charge in [-0.15, -0.1) is 11.6 Å². The van der Waals surface area contributed by atoms with Crippen LogP contribution in [-0.4, -0.2) is 9.97 Å². The lowest BCUT2D eigenvalue weighted by Crippen LogP contribution is -1.90. The molecule has 1 aromatic carbocycles. The second-order valence-corrected chi connectivity index (χ2v) is 2.75. The Morgan fingerprint density at radius 2 is 2.08 bits per heavy atom. The molecule has 12 heavy (non-hydrogen) atoms. The lowest BCUT2D eigenvalue weighted by molar-refractivity contribution is 1.06. The molecule has 3 heteroatoms. The van der Waals surface area contributed by atoms with Gasteiger partial charge in [0.25, 0.3) is 0 Å². The van der Waals surface area contributed by atoms with Gasteiger partial charge in [0.05, 0.1) is 11.4 Å². The number of fused-ring (bicyclic) bond motifs is 1. The minimum atomic E-state index is 0.366. The van der Waals surface area contributed by atoms with Crippen molar-refractivity contribution < 1.29 is 0 Å². The van der Waals surface area contributed by atoms with Crippen LogP contribution >= 0.6 is 11.6 Å². The van der Waals surface area contributed by atoms with Crippen molar-refractivity contribution in [3.63, 3.8) is 0 Å². The van der Waals surface area contributed by atoms with E-state index in [0.717, 1.165) is 10.9 Å². The number of benzene rings is 1. The lowest BCUT2D eigenvalue weighted by atomic mass is 10.2. The third-order valence-corrected chi connectivity index (χ3v) is 1.90. The highest BCUT2D eigenvalue weighted by Crippen LogP contribution is 2.09. The highest BCUT2D eigenvalue weighted by Gasteiger charge is 1.96. The quantitative estimate of drug-likeness (QED) is 0.627. The maximum atomic E-state index is 5.60. The van der Waals surface area contributed by atoms with Crippen molar-refractivity contribution in [2.75, 3.05) is 0 Å². The number of hydrogen-bond donors (Lipinski definition) is 0. The molecular weight excluding hydrogens is 172 g/mol. The van der Waals surface area contributed by atoms with Crippen LogP contribution in [0.5, 0.6) is 0 Å². The summed E-state index contributed by atoms with van der Waals surface area (Å²) < 4.78 is 0. The van der Waals surface area contributed by atoms with E-state index in [4.69, 9.17) is 11.6 Å². The van der Waals surface area contributed by atoms with Crippen LogP contribution in [0.25, 0.3) is 10.9 Å². The summed E-state index contributed by atoms with van der Waals surface area (Å²) >= 11 is 5.60. The first-order chi connectivity index (χ1) is 5.90. The number of para-hydroxylation sites is 1. The van der Waals surface area contributed by atoms with Crippen molar-refractivity contribution in [3.8, 4) is 0 Å². The Hall–Kier alpha value is -1.15. The molecule has 0 aliphatic rings. The van der Waals surface area contributed by atoms with E-state index in [2.05, 4.69) is 9.97 Å². The average Bonchev–Trinajstić information content (AvgIpc) is 2.17. The molecule has 0 amide bonds. The number of aromatic nitrogens is 2. The van der Waals surface area contributed by atoms with E-state index < -0.39 is 0 Å². The van der Waals surface area contributed by atoms with E-state index >= 15 is 0 Å².